The molecule has 2 nitrogen and oxygen atoms in total. The van der Waals surface area contributed by atoms with Crippen molar-refractivity contribution in [1.82, 2.24) is 0 Å². The highest BCUT2D eigenvalue weighted by Crippen LogP contribution is 2.28. The van der Waals surface area contributed by atoms with Gasteiger partial charge in [0.1, 0.15) is 0 Å². The summed E-state index contributed by atoms with van der Waals surface area (Å²) in [6, 6.07) is 0. The Labute approximate surface area is 68.9 Å². The van der Waals surface area contributed by atoms with E-state index in [0.717, 1.165) is 25.7 Å². The molecule has 0 radical (unpaired) electrons. The van der Waals surface area contributed by atoms with E-state index >= 15 is 0 Å². The van der Waals surface area contributed by atoms with Crippen LogP contribution in [0, 0.1) is 5.92 Å². The topological polar surface area (TPSA) is 18.5 Å². The van der Waals surface area contributed by atoms with E-state index in [9.17, 15) is 0 Å². The van der Waals surface area contributed by atoms with Gasteiger partial charge in [-0.05, 0) is 32.6 Å². The lowest BCUT2D eigenvalue weighted by Crippen LogP contribution is -2.10. The van der Waals surface area contributed by atoms with Gasteiger partial charge in [-0.15, -0.1) is 0 Å². The standard InChI is InChI=1S/C9H18O2/c1-8(2)11-6-5-10-7-9-3-4-9/h8-9H,3-7H2,1-2H3. The molecule has 0 atom stereocenters. The number of hydrogen-bond donors (Lipinski definition) is 0. The van der Waals surface area contributed by atoms with Crippen LogP contribution >= 0.6 is 0 Å². The molecule has 0 aromatic carbocycles. The molecular weight excluding hydrogens is 140 g/mol. The van der Waals surface area contributed by atoms with Gasteiger partial charge in [0.05, 0.1) is 19.3 Å². The largest absolute Gasteiger partial charge is 0.379 e. The lowest BCUT2D eigenvalue weighted by atomic mass is 10.5. The zero-order valence-corrected chi connectivity index (χ0v) is 7.51. The third-order valence-corrected chi connectivity index (χ3v) is 1.73. The Balaban J connectivity index is 1.73. The summed E-state index contributed by atoms with van der Waals surface area (Å²) in [5, 5.41) is 0. The Morgan fingerprint density at radius 1 is 1.27 bits per heavy atom. The van der Waals surface area contributed by atoms with Crippen LogP contribution in [0.15, 0.2) is 0 Å². The minimum atomic E-state index is 0.333. The van der Waals surface area contributed by atoms with Crippen molar-refractivity contribution < 1.29 is 9.47 Å². The van der Waals surface area contributed by atoms with Gasteiger partial charge in [0.15, 0.2) is 0 Å². The summed E-state index contributed by atoms with van der Waals surface area (Å²) in [6.45, 7) is 6.53. The fraction of sp³-hybridized carbons (Fsp3) is 1.00. The van der Waals surface area contributed by atoms with Crippen LogP contribution in [0.4, 0.5) is 0 Å². The summed E-state index contributed by atoms with van der Waals surface area (Å²) in [5.74, 6) is 0.869. The van der Waals surface area contributed by atoms with Crippen LogP contribution in [0.2, 0.25) is 0 Å². The van der Waals surface area contributed by atoms with Gasteiger partial charge in [0.25, 0.3) is 0 Å². The minimum Gasteiger partial charge on any atom is -0.379 e. The van der Waals surface area contributed by atoms with Crippen LogP contribution in [0.5, 0.6) is 0 Å². The van der Waals surface area contributed by atoms with Gasteiger partial charge in [0, 0.05) is 6.61 Å². The van der Waals surface area contributed by atoms with Crippen molar-refractivity contribution in [2.75, 3.05) is 19.8 Å². The van der Waals surface area contributed by atoms with Crippen LogP contribution in [-0.4, -0.2) is 25.9 Å². The van der Waals surface area contributed by atoms with E-state index in [1.807, 2.05) is 13.8 Å². The highest BCUT2D eigenvalue weighted by atomic mass is 16.5. The van der Waals surface area contributed by atoms with Crippen LogP contribution < -0.4 is 0 Å². The van der Waals surface area contributed by atoms with Gasteiger partial charge in [0.2, 0.25) is 0 Å². The van der Waals surface area contributed by atoms with Crippen LogP contribution in [-0.2, 0) is 9.47 Å². The molecule has 0 heterocycles. The van der Waals surface area contributed by atoms with Crippen molar-refractivity contribution in [3.05, 3.63) is 0 Å². The lowest BCUT2D eigenvalue weighted by molar-refractivity contribution is 0.0168. The van der Waals surface area contributed by atoms with E-state index in [0.29, 0.717) is 6.10 Å². The number of rotatable bonds is 6. The quantitative estimate of drug-likeness (QED) is 0.549. The molecule has 0 aliphatic heterocycles. The Morgan fingerprint density at radius 2 is 2.00 bits per heavy atom. The second-order valence-electron chi connectivity index (χ2n) is 3.44. The first-order valence-electron chi connectivity index (χ1n) is 4.48. The molecule has 2 heteroatoms. The van der Waals surface area contributed by atoms with Gasteiger partial charge in [-0.2, -0.15) is 0 Å². The third-order valence-electron chi connectivity index (χ3n) is 1.73. The molecule has 0 aromatic rings. The normalized spacial score (nSPS) is 17.7. The molecule has 1 rings (SSSR count). The van der Waals surface area contributed by atoms with Gasteiger partial charge in [-0.25, -0.2) is 0 Å². The highest BCUT2D eigenvalue weighted by molar-refractivity contribution is 4.71. The summed E-state index contributed by atoms with van der Waals surface area (Å²) in [5.41, 5.74) is 0. The molecule has 1 saturated carbocycles. The van der Waals surface area contributed by atoms with Gasteiger partial charge in [-0.3, -0.25) is 0 Å². The predicted molar refractivity (Wildman–Crippen MR) is 44.6 cm³/mol. The van der Waals surface area contributed by atoms with Crippen molar-refractivity contribution in [2.24, 2.45) is 5.92 Å². The maximum absolute atomic E-state index is 5.38. The van der Waals surface area contributed by atoms with Crippen molar-refractivity contribution in [3.63, 3.8) is 0 Å². The summed E-state index contributed by atoms with van der Waals surface area (Å²) in [6.07, 6.45) is 3.07. The van der Waals surface area contributed by atoms with E-state index in [2.05, 4.69) is 0 Å². The summed E-state index contributed by atoms with van der Waals surface area (Å²) >= 11 is 0. The van der Waals surface area contributed by atoms with Crippen LogP contribution in [0.1, 0.15) is 26.7 Å². The SMILES string of the molecule is CC(C)OCCOCC1CC1. The summed E-state index contributed by atoms with van der Waals surface area (Å²) < 4.78 is 10.7. The molecule has 1 aliphatic rings. The number of hydrogen-bond acceptors (Lipinski definition) is 2. The molecule has 0 aromatic heterocycles. The average Bonchev–Trinajstić information content (AvgIpc) is 2.70. The molecule has 0 bridgehead atoms. The van der Waals surface area contributed by atoms with Gasteiger partial charge < -0.3 is 9.47 Å². The Kier molecular flexibility index (Phi) is 3.87. The van der Waals surface area contributed by atoms with E-state index < -0.39 is 0 Å². The van der Waals surface area contributed by atoms with Crippen molar-refractivity contribution >= 4 is 0 Å². The van der Waals surface area contributed by atoms with Crippen molar-refractivity contribution in [1.29, 1.82) is 0 Å². The molecule has 11 heavy (non-hydrogen) atoms. The van der Waals surface area contributed by atoms with Crippen molar-refractivity contribution in [2.45, 2.75) is 32.8 Å². The van der Waals surface area contributed by atoms with E-state index in [-0.39, 0.29) is 0 Å². The van der Waals surface area contributed by atoms with E-state index in [1.165, 1.54) is 12.8 Å². The Bertz CT molecular complexity index is 93.7. The smallest absolute Gasteiger partial charge is 0.0703 e. The molecule has 66 valence electrons. The first-order valence-corrected chi connectivity index (χ1v) is 4.48. The first kappa shape index (κ1) is 9.01. The maximum Gasteiger partial charge on any atom is 0.0703 e. The maximum atomic E-state index is 5.38. The molecule has 0 amide bonds. The number of ether oxygens (including phenoxy) is 2. The molecular formula is C9H18O2. The minimum absolute atomic E-state index is 0.333. The molecule has 0 saturated heterocycles. The fourth-order valence-electron chi connectivity index (χ4n) is 0.877. The Morgan fingerprint density at radius 3 is 2.55 bits per heavy atom. The molecule has 0 unspecified atom stereocenters. The first-order chi connectivity index (χ1) is 5.29. The lowest BCUT2D eigenvalue weighted by Gasteiger charge is -2.07. The zero-order chi connectivity index (χ0) is 8.10. The predicted octanol–water partition coefficient (Wildman–Crippen LogP) is 1.84. The fourth-order valence-corrected chi connectivity index (χ4v) is 0.877. The highest BCUT2D eigenvalue weighted by Gasteiger charge is 2.20. The van der Waals surface area contributed by atoms with Gasteiger partial charge >= 0.3 is 0 Å². The summed E-state index contributed by atoms with van der Waals surface area (Å²) in [4.78, 5) is 0. The van der Waals surface area contributed by atoms with Crippen LogP contribution in [0.25, 0.3) is 0 Å². The zero-order valence-electron chi connectivity index (χ0n) is 7.51. The second-order valence-corrected chi connectivity index (χ2v) is 3.44. The van der Waals surface area contributed by atoms with Gasteiger partial charge in [-0.1, -0.05) is 0 Å². The molecule has 0 N–H and O–H groups in total. The van der Waals surface area contributed by atoms with E-state index in [4.69, 9.17) is 9.47 Å². The summed E-state index contributed by atoms with van der Waals surface area (Å²) in [7, 11) is 0. The average molecular weight is 158 g/mol. The monoisotopic (exact) mass is 158 g/mol. The molecule has 1 fully saturated rings. The van der Waals surface area contributed by atoms with Crippen molar-refractivity contribution in [3.8, 4) is 0 Å². The molecule has 0 spiro atoms. The second kappa shape index (κ2) is 4.73. The van der Waals surface area contributed by atoms with Crippen LogP contribution in [0.3, 0.4) is 0 Å². The Hall–Kier alpha value is -0.0800. The molecule has 1 aliphatic carbocycles. The third kappa shape index (κ3) is 5.22. The van der Waals surface area contributed by atoms with E-state index in [1.54, 1.807) is 0 Å².